The Bertz CT molecular complexity index is 1380. The molecule has 0 aliphatic heterocycles. The second-order valence-corrected chi connectivity index (χ2v) is 8.21. The van der Waals surface area contributed by atoms with Gasteiger partial charge in [-0.05, 0) is 18.2 Å². The summed E-state index contributed by atoms with van der Waals surface area (Å²) in [4.78, 5) is 8.28. The Kier molecular flexibility index (Phi) is 5.62. The minimum absolute atomic E-state index is 0.0690. The van der Waals surface area contributed by atoms with Crippen LogP contribution in [0.15, 0.2) is 41.7 Å². The number of alkyl halides is 1. The van der Waals surface area contributed by atoms with Crippen molar-refractivity contribution in [1.29, 1.82) is 0 Å². The van der Waals surface area contributed by atoms with Crippen LogP contribution >= 0.6 is 11.6 Å². The number of ether oxygens (including phenoxy) is 3. The van der Waals surface area contributed by atoms with E-state index in [1.54, 1.807) is 12.3 Å². The Morgan fingerprint density at radius 3 is 2.41 bits per heavy atom. The van der Waals surface area contributed by atoms with Crippen molar-refractivity contribution in [2.24, 2.45) is 5.14 Å². The second-order valence-electron chi connectivity index (χ2n) is 6.28. The number of hydrogen-bond acceptors (Lipinski definition) is 8. The van der Waals surface area contributed by atoms with E-state index in [2.05, 4.69) is 15.1 Å². The maximum atomic E-state index is 12.8. The lowest BCUT2D eigenvalue weighted by atomic mass is 10.2. The normalized spacial score (nSPS) is 11.7. The quantitative estimate of drug-likeness (QED) is 0.423. The molecule has 4 rings (SSSR count). The molecular formula is C18H16ClFN6O5S. The standard InChI is InChI=1S/C18H16ClFN6O5S/c1-29-16-15(31-9-20)17(30-2)24-18(23-16)25-8-12(32(21,27)28)10-4-5-11(19)14(13(10)25)26-7-3-6-22-26/h3-8H,9H2,1-2H3,(H2,21,27,28). The topological polar surface area (TPSA) is 136 Å². The molecule has 32 heavy (non-hydrogen) atoms. The molecule has 0 saturated heterocycles. The monoisotopic (exact) mass is 482 g/mol. The molecule has 0 radical (unpaired) electrons. The van der Waals surface area contributed by atoms with Crippen molar-refractivity contribution in [1.82, 2.24) is 24.3 Å². The lowest BCUT2D eigenvalue weighted by Gasteiger charge is -2.14. The maximum Gasteiger partial charge on any atom is 0.266 e. The lowest BCUT2D eigenvalue weighted by Crippen LogP contribution is -2.11. The van der Waals surface area contributed by atoms with E-state index in [0.717, 1.165) is 0 Å². The summed E-state index contributed by atoms with van der Waals surface area (Å²) in [5.41, 5.74) is 0.656. The average molecular weight is 483 g/mol. The third kappa shape index (κ3) is 3.59. The van der Waals surface area contributed by atoms with Crippen LogP contribution in [0.25, 0.3) is 22.5 Å². The molecule has 0 amide bonds. The van der Waals surface area contributed by atoms with Crippen molar-refractivity contribution in [3.05, 3.63) is 41.8 Å². The summed E-state index contributed by atoms with van der Waals surface area (Å²) in [6.07, 6.45) is 4.41. The number of methoxy groups -OCH3 is 2. The number of nitrogens with zero attached hydrogens (tertiary/aromatic N) is 5. The fraction of sp³-hybridized carbons (Fsp3) is 0.167. The highest BCUT2D eigenvalue weighted by atomic mass is 35.5. The zero-order chi connectivity index (χ0) is 23.0. The predicted octanol–water partition coefficient (Wildman–Crippen LogP) is 2.23. The highest BCUT2D eigenvalue weighted by Crippen LogP contribution is 2.38. The summed E-state index contributed by atoms with van der Waals surface area (Å²) in [5.74, 6) is -0.493. The first-order valence-corrected chi connectivity index (χ1v) is 10.8. The van der Waals surface area contributed by atoms with Gasteiger partial charge in [0.1, 0.15) is 10.6 Å². The predicted molar refractivity (Wildman–Crippen MR) is 112 cm³/mol. The van der Waals surface area contributed by atoms with Gasteiger partial charge in [-0.25, -0.2) is 22.6 Å². The summed E-state index contributed by atoms with van der Waals surface area (Å²) in [7, 11) is -1.55. The van der Waals surface area contributed by atoms with Crippen molar-refractivity contribution < 1.29 is 27.0 Å². The van der Waals surface area contributed by atoms with Crippen LogP contribution in [-0.2, 0) is 10.0 Å². The van der Waals surface area contributed by atoms with Gasteiger partial charge in [-0.1, -0.05) is 11.6 Å². The van der Waals surface area contributed by atoms with Crippen LogP contribution in [0, 0.1) is 0 Å². The molecule has 168 valence electrons. The van der Waals surface area contributed by atoms with Crippen LogP contribution < -0.4 is 19.3 Å². The van der Waals surface area contributed by atoms with Crippen molar-refractivity contribution in [3.8, 4) is 29.1 Å². The van der Waals surface area contributed by atoms with Gasteiger partial charge in [-0.2, -0.15) is 15.1 Å². The molecule has 3 aromatic heterocycles. The molecule has 3 heterocycles. The maximum absolute atomic E-state index is 12.8. The summed E-state index contributed by atoms with van der Waals surface area (Å²) in [6.45, 7) is -1.17. The van der Waals surface area contributed by atoms with Crippen LogP contribution in [0.1, 0.15) is 0 Å². The molecule has 14 heteroatoms. The van der Waals surface area contributed by atoms with E-state index in [1.807, 2.05) is 0 Å². The minimum Gasteiger partial charge on any atom is -0.478 e. The van der Waals surface area contributed by atoms with Crippen LogP contribution in [0.2, 0.25) is 5.02 Å². The lowest BCUT2D eigenvalue weighted by molar-refractivity contribution is 0.173. The van der Waals surface area contributed by atoms with E-state index < -0.39 is 16.9 Å². The first kappa shape index (κ1) is 21.8. The van der Waals surface area contributed by atoms with Crippen LogP contribution in [0.3, 0.4) is 0 Å². The first-order chi connectivity index (χ1) is 15.3. The highest BCUT2D eigenvalue weighted by Gasteiger charge is 2.26. The molecule has 0 aliphatic carbocycles. The molecule has 0 unspecified atom stereocenters. The van der Waals surface area contributed by atoms with Crippen LogP contribution in [0.5, 0.6) is 17.5 Å². The number of aromatic nitrogens is 5. The summed E-state index contributed by atoms with van der Waals surface area (Å²) in [5, 5.41) is 10.2. The molecular weight excluding hydrogens is 467 g/mol. The number of benzene rings is 1. The van der Waals surface area contributed by atoms with Crippen LogP contribution in [-0.4, -0.2) is 53.8 Å². The third-order valence-corrected chi connectivity index (χ3v) is 5.73. The molecule has 0 bridgehead atoms. The second kappa shape index (κ2) is 8.26. The van der Waals surface area contributed by atoms with E-state index in [-0.39, 0.29) is 38.8 Å². The number of sulfonamides is 1. The molecule has 0 spiro atoms. The van der Waals surface area contributed by atoms with Gasteiger partial charge in [0.2, 0.25) is 28.6 Å². The number of fused-ring (bicyclic) bond motifs is 1. The average Bonchev–Trinajstić information content (AvgIpc) is 3.42. The van der Waals surface area contributed by atoms with Gasteiger partial charge in [-0.3, -0.25) is 4.57 Å². The van der Waals surface area contributed by atoms with Crippen molar-refractivity contribution >= 4 is 32.5 Å². The van der Waals surface area contributed by atoms with Crippen LogP contribution in [0.4, 0.5) is 4.39 Å². The molecule has 11 nitrogen and oxygen atoms in total. The summed E-state index contributed by atoms with van der Waals surface area (Å²) >= 11 is 6.45. The number of nitrogens with two attached hydrogens (primary N) is 1. The van der Waals surface area contributed by atoms with Gasteiger partial charge in [-0.15, -0.1) is 0 Å². The van der Waals surface area contributed by atoms with E-state index in [4.69, 9.17) is 31.0 Å². The molecule has 0 aliphatic rings. The highest BCUT2D eigenvalue weighted by molar-refractivity contribution is 7.89. The Balaban J connectivity index is 2.13. The van der Waals surface area contributed by atoms with E-state index >= 15 is 0 Å². The Hall–Kier alpha value is -3.42. The molecule has 1 aromatic carbocycles. The van der Waals surface area contributed by atoms with Gasteiger partial charge in [0.15, 0.2) is 0 Å². The molecule has 4 aromatic rings. The van der Waals surface area contributed by atoms with E-state index in [1.165, 1.54) is 48.0 Å². The zero-order valence-corrected chi connectivity index (χ0v) is 18.3. The SMILES string of the molecule is COc1nc(-n2cc(S(N)(=O)=O)c3ccc(Cl)c(-n4cccn4)c32)nc(OC)c1OCF. The first-order valence-electron chi connectivity index (χ1n) is 8.85. The molecule has 2 N–H and O–H groups in total. The molecule has 0 atom stereocenters. The largest absolute Gasteiger partial charge is 0.478 e. The minimum atomic E-state index is -4.15. The Morgan fingerprint density at radius 2 is 1.88 bits per heavy atom. The van der Waals surface area contributed by atoms with Crippen molar-refractivity contribution in [3.63, 3.8) is 0 Å². The molecule has 0 saturated carbocycles. The number of primary sulfonamides is 1. The van der Waals surface area contributed by atoms with Gasteiger partial charge >= 0.3 is 0 Å². The zero-order valence-electron chi connectivity index (χ0n) is 16.7. The van der Waals surface area contributed by atoms with Crippen molar-refractivity contribution in [2.45, 2.75) is 4.90 Å². The fourth-order valence-corrected chi connectivity index (χ4v) is 4.18. The Labute approximate surface area is 186 Å². The van der Waals surface area contributed by atoms with Gasteiger partial charge < -0.3 is 14.2 Å². The fourth-order valence-electron chi connectivity index (χ4n) is 3.21. The van der Waals surface area contributed by atoms with Gasteiger partial charge in [0.25, 0.3) is 11.8 Å². The summed E-state index contributed by atoms with van der Waals surface area (Å²) < 4.78 is 55.5. The number of hydrogen-bond donors (Lipinski definition) is 1. The van der Waals surface area contributed by atoms with Gasteiger partial charge in [0.05, 0.1) is 24.8 Å². The Morgan fingerprint density at radius 1 is 1.19 bits per heavy atom. The number of halogens is 2. The van der Waals surface area contributed by atoms with E-state index in [0.29, 0.717) is 11.2 Å². The smallest absolute Gasteiger partial charge is 0.266 e. The summed E-state index contributed by atoms with van der Waals surface area (Å²) in [6, 6.07) is 4.71. The van der Waals surface area contributed by atoms with Crippen molar-refractivity contribution in [2.75, 3.05) is 21.1 Å². The third-order valence-electron chi connectivity index (χ3n) is 4.49. The number of rotatable bonds is 7. The molecule has 0 fully saturated rings. The van der Waals surface area contributed by atoms with Gasteiger partial charge in [0, 0.05) is 24.0 Å². The van der Waals surface area contributed by atoms with E-state index in [9.17, 15) is 12.8 Å².